The molecule has 0 aromatic heterocycles. The third-order valence-electron chi connectivity index (χ3n) is 1.70. The van der Waals surface area contributed by atoms with Crippen LogP contribution in [0.25, 0.3) is 0 Å². The van der Waals surface area contributed by atoms with E-state index in [0.717, 1.165) is 6.42 Å². The van der Waals surface area contributed by atoms with Crippen LogP contribution in [0.15, 0.2) is 0 Å². The van der Waals surface area contributed by atoms with Crippen LogP contribution >= 0.6 is 22.5 Å². The minimum absolute atomic E-state index is 0.0897. The normalized spacial score (nSPS) is 11.9. The number of aliphatic hydroxyl groups excluding tert-OH is 3. The Bertz CT molecular complexity index is 150. The fourth-order valence-corrected chi connectivity index (χ4v) is 3.47. The van der Waals surface area contributed by atoms with Crippen molar-refractivity contribution in [3.8, 4) is 0 Å². The van der Waals surface area contributed by atoms with E-state index in [-0.39, 0.29) is 33.0 Å². The Balaban J connectivity index is 0. The van der Waals surface area contributed by atoms with Gasteiger partial charge in [0.2, 0.25) is 0 Å². The summed E-state index contributed by atoms with van der Waals surface area (Å²) < 4.78 is 16.7. The average molecular weight is 337 g/mol. The van der Waals surface area contributed by atoms with E-state index in [1.54, 1.807) is 6.92 Å². The highest BCUT2D eigenvalue weighted by atomic mass is 35.5. The van der Waals surface area contributed by atoms with Crippen LogP contribution < -0.4 is 0 Å². The predicted molar refractivity (Wildman–Crippen MR) is 82.9 cm³/mol. The van der Waals surface area contributed by atoms with Crippen LogP contribution in [0.4, 0.5) is 0 Å². The Morgan fingerprint density at radius 2 is 1.35 bits per heavy atom. The van der Waals surface area contributed by atoms with E-state index in [2.05, 4.69) is 0 Å². The van der Waals surface area contributed by atoms with Gasteiger partial charge in [-0.1, -0.05) is 6.92 Å². The molecule has 0 spiro atoms. The van der Waals surface area contributed by atoms with Crippen LogP contribution in [0.3, 0.4) is 0 Å². The summed E-state index contributed by atoms with van der Waals surface area (Å²) >= 11 is 5.66. The molecule has 0 aliphatic carbocycles. The maximum absolute atomic E-state index is 8.81. The minimum Gasteiger partial charge on any atom is -0.397 e. The molecule has 0 aliphatic rings. The smallest absolute Gasteiger partial charge is 0.0889 e. The van der Waals surface area contributed by atoms with Crippen molar-refractivity contribution >= 4 is 22.5 Å². The molecule has 0 radical (unpaired) electrons. The molecule has 0 aliphatic heterocycles. The van der Waals surface area contributed by atoms with Gasteiger partial charge in [-0.2, -0.15) is 0 Å². The first-order valence-electron chi connectivity index (χ1n) is 6.78. The second-order valence-corrected chi connectivity index (χ2v) is 6.14. The molecule has 0 unspecified atom stereocenters. The zero-order valence-electron chi connectivity index (χ0n) is 12.4. The molecular formula is C12H29ClO6S. The first-order chi connectivity index (χ1) is 9.66. The molecule has 6 nitrogen and oxygen atoms in total. The predicted octanol–water partition coefficient (Wildman–Crippen LogP) is 1.61. The van der Waals surface area contributed by atoms with Crippen molar-refractivity contribution in [2.24, 2.45) is 0 Å². The quantitative estimate of drug-likeness (QED) is 0.469. The Labute approximate surface area is 128 Å². The van der Waals surface area contributed by atoms with Gasteiger partial charge in [0, 0.05) is 18.2 Å². The van der Waals surface area contributed by atoms with E-state index in [4.69, 9.17) is 39.5 Å². The summed E-state index contributed by atoms with van der Waals surface area (Å²) in [5.41, 5.74) is 0. The highest BCUT2D eigenvalue weighted by Crippen LogP contribution is 2.52. The molecule has 0 aromatic rings. The van der Waals surface area contributed by atoms with Gasteiger partial charge in [-0.05, 0) is 19.8 Å². The molecule has 126 valence electrons. The average Bonchev–Trinajstić information content (AvgIpc) is 2.46. The van der Waals surface area contributed by atoms with E-state index in [1.165, 1.54) is 0 Å². The molecule has 0 aromatic carbocycles. The summed E-state index contributed by atoms with van der Waals surface area (Å²) in [6.07, 6.45) is 1.55. The summed E-state index contributed by atoms with van der Waals surface area (Å²) in [5, 5.41) is 25.2. The second-order valence-electron chi connectivity index (χ2n) is 3.53. The van der Waals surface area contributed by atoms with E-state index in [9.17, 15) is 0 Å². The Hall–Kier alpha value is 0.400. The van der Waals surface area contributed by atoms with Crippen molar-refractivity contribution in [1.29, 1.82) is 0 Å². The number of halogens is 1. The van der Waals surface area contributed by atoms with Gasteiger partial charge in [-0.25, -0.2) is 0 Å². The van der Waals surface area contributed by atoms with Crippen molar-refractivity contribution in [3.05, 3.63) is 0 Å². The van der Waals surface area contributed by atoms with Gasteiger partial charge in [-0.3, -0.25) is 12.5 Å². The summed E-state index contributed by atoms with van der Waals surface area (Å²) in [5.74, 6) is 1.05. The first kappa shape index (κ1) is 22.7. The first-order valence-corrected chi connectivity index (χ1v) is 8.90. The summed E-state index contributed by atoms with van der Waals surface area (Å²) in [7, 11) is -2.15. The summed E-state index contributed by atoms with van der Waals surface area (Å²) in [4.78, 5) is 0. The number of alkyl halides is 1. The van der Waals surface area contributed by atoms with Crippen molar-refractivity contribution in [1.82, 2.24) is 0 Å². The van der Waals surface area contributed by atoms with Crippen LogP contribution in [-0.2, 0) is 12.5 Å². The molecule has 0 amide bonds. The Kier molecular flexibility index (Phi) is 19.8. The van der Waals surface area contributed by atoms with Gasteiger partial charge in [0.15, 0.2) is 0 Å². The van der Waals surface area contributed by atoms with E-state index in [0.29, 0.717) is 24.7 Å². The van der Waals surface area contributed by atoms with E-state index >= 15 is 0 Å². The molecule has 0 saturated carbocycles. The molecule has 0 bridgehead atoms. The van der Waals surface area contributed by atoms with Gasteiger partial charge < -0.3 is 15.3 Å². The third-order valence-corrected chi connectivity index (χ3v) is 4.34. The number of hydrogen-bond donors (Lipinski definition) is 3. The fourth-order valence-electron chi connectivity index (χ4n) is 1.05. The van der Waals surface area contributed by atoms with Gasteiger partial charge in [-0.15, -0.1) is 11.6 Å². The molecule has 20 heavy (non-hydrogen) atoms. The van der Waals surface area contributed by atoms with E-state index in [1.807, 2.05) is 6.92 Å². The molecule has 0 atom stereocenters. The van der Waals surface area contributed by atoms with Crippen molar-refractivity contribution < 1.29 is 27.9 Å². The van der Waals surface area contributed by atoms with Crippen molar-refractivity contribution in [3.63, 3.8) is 0 Å². The lowest BCUT2D eigenvalue weighted by atomic mass is 10.5. The maximum atomic E-state index is 8.81. The third kappa shape index (κ3) is 13.4. The number of rotatable bonds is 12. The molecule has 3 N–H and O–H groups in total. The lowest BCUT2D eigenvalue weighted by molar-refractivity contribution is 0.125. The monoisotopic (exact) mass is 336 g/mol. The molecular weight excluding hydrogens is 308 g/mol. The molecule has 8 heteroatoms. The fraction of sp³-hybridized carbons (Fsp3) is 1.00. The lowest BCUT2D eigenvalue weighted by Crippen LogP contribution is -2.20. The highest BCUT2D eigenvalue weighted by Gasteiger charge is 2.26. The number of aliphatic hydroxyl groups is 3. The van der Waals surface area contributed by atoms with Crippen molar-refractivity contribution in [2.45, 2.75) is 26.7 Å². The molecule has 0 rings (SSSR count). The van der Waals surface area contributed by atoms with Gasteiger partial charge in [0.25, 0.3) is 0 Å². The topological polar surface area (TPSA) is 88.4 Å². The van der Waals surface area contributed by atoms with Gasteiger partial charge in [0.1, 0.15) is 0 Å². The molecule has 0 fully saturated rings. The minimum atomic E-state index is -2.15. The second kappa shape index (κ2) is 17.5. The largest absolute Gasteiger partial charge is 0.397 e. The zero-order chi connectivity index (χ0) is 15.7. The van der Waals surface area contributed by atoms with E-state index < -0.39 is 10.9 Å². The summed E-state index contributed by atoms with van der Waals surface area (Å²) in [6.45, 7) is 4.58. The van der Waals surface area contributed by atoms with Crippen LogP contribution in [-0.4, -0.2) is 66.6 Å². The zero-order valence-corrected chi connectivity index (χ0v) is 14.0. The van der Waals surface area contributed by atoms with Gasteiger partial charge >= 0.3 is 0 Å². The lowest BCUT2D eigenvalue weighted by Gasteiger charge is -2.37. The maximum Gasteiger partial charge on any atom is 0.0889 e. The SMILES string of the molecule is CCCOS(CCCCl)(OCCO)OCCO.CCO. The standard InChI is InChI=1S/C10H23ClO5S.C2H6O/c1-2-7-14-17(10-3-4-11,15-8-5-12)16-9-6-13;1-2-3/h12-13H,2-10H2,1H3;3H,2H2,1H3. The van der Waals surface area contributed by atoms with Crippen molar-refractivity contribution in [2.75, 3.05) is 51.3 Å². The number of hydrogen-bond acceptors (Lipinski definition) is 6. The summed E-state index contributed by atoms with van der Waals surface area (Å²) in [6, 6.07) is 0. The van der Waals surface area contributed by atoms with Crippen LogP contribution in [0, 0.1) is 0 Å². The highest BCUT2D eigenvalue weighted by molar-refractivity contribution is 8.21. The van der Waals surface area contributed by atoms with Crippen LogP contribution in [0.5, 0.6) is 0 Å². The Morgan fingerprint density at radius 3 is 1.70 bits per heavy atom. The Morgan fingerprint density at radius 1 is 0.900 bits per heavy atom. The van der Waals surface area contributed by atoms with Crippen LogP contribution in [0.1, 0.15) is 26.7 Å². The molecule has 0 saturated heterocycles. The van der Waals surface area contributed by atoms with Gasteiger partial charge in [0.05, 0.1) is 43.9 Å². The van der Waals surface area contributed by atoms with Crippen LogP contribution in [0.2, 0.25) is 0 Å². The molecule has 0 heterocycles.